The molecule has 0 atom stereocenters. The molecule has 0 aliphatic heterocycles. The Hall–Kier alpha value is -3.02. The van der Waals surface area contributed by atoms with E-state index in [2.05, 4.69) is 5.16 Å². The molecule has 6 nitrogen and oxygen atoms in total. The van der Waals surface area contributed by atoms with Crippen molar-refractivity contribution >= 4 is 5.97 Å². The van der Waals surface area contributed by atoms with E-state index >= 15 is 0 Å². The highest BCUT2D eigenvalue weighted by Gasteiger charge is 2.11. The quantitative estimate of drug-likeness (QED) is 0.650. The molecular formula is C17H15NO5. The number of furan rings is 1. The van der Waals surface area contributed by atoms with Crippen LogP contribution in [0.25, 0.3) is 11.5 Å². The molecule has 0 bridgehead atoms. The van der Waals surface area contributed by atoms with Crippen LogP contribution in [0.5, 0.6) is 5.75 Å². The minimum absolute atomic E-state index is 0.0141. The molecule has 3 rings (SSSR count). The van der Waals surface area contributed by atoms with Crippen molar-refractivity contribution in [1.82, 2.24) is 5.16 Å². The highest BCUT2D eigenvalue weighted by molar-refractivity contribution is 5.71. The van der Waals surface area contributed by atoms with Gasteiger partial charge in [-0.25, -0.2) is 4.79 Å². The van der Waals surface area contributed by atoms with Crippen molar-refractivity contribution in [2.45, 2.75) is 13.5 Å². The van der Waals surface area contributed by atoms with E-state index in [0.29, 0.717) is 23.0 Å². The molecule has 0 saturated carbocycles. The van der Waals surface area contributed by atoms with Gasteiger partial charge in [0.15, 0.2) is 12.4 Å². The fraction of sp³-hybridized carbons (Fsp3) is 0.176. The zero-order valence-corrected chi connectivity index (χ0v) is 12.5. The van der Waals surface area contributed by atoms with Gasteiger partial charge in [-0.3, -0.25) is 0 Å². The molecule has 6 heteroatoms. The Morgan fingerprint density at radius 2 is 2.09 bits per heavy atom. The third kappa shape index (κ3) is 4.00. The first-order chi connectivity index (χ1) is 11.2. The van der Waals surface area contributed by atoms with Crippen molar-refractivity contribution in [3.05, 3.63) is 60.0 Å². The summed E-state index contributed by atoms with van der Waals surface area (Å²) in [6.07, 6.45) is 1.54. The number of nitrogens with zero attached hydrogens (tertiary/aromatic N) is 1. The fourth-order valence-corrected chi connectivity index (χ4v) is 1.96. The Morgan fingerprint density at radius 1 is 1.17 bits per heavy atom. The number of aromatic nitrogens is 1. The van der Waals surface area contributed by atoms with Gasteiger partial charge in [-0.05, 0) is 36.8 Å². The molecule has 118 valence electrons. The SMILES string of the molecule is Cc1cccc(OCC(=O)OCc2cc(-c3ccco3)on2)c1. The Kier molecular flexibility index (Phi) is 4.42. The van der Waals surface area contributed by atoms with Crippen LogP contribution in [0.2, 0.25) is 0 Å². The van der Waals surface area contributed by atoms with Crippen molar-refractivity contribution in [2.75, 3.05) is 6.61 Å². The molecule has 0 fully saturated rings. The van der Waals surface area contributed by atoms with Crippen LogP contribution in [0.1, 0.15) is 11.3 Å². The topological polar surface area (TPSA) is 74.7 Å². The van der Waals surface area contributed by atoms with Crippen LogP contribution in [0.4, 0.5) is 0 Å². The summed E-state index contributed by atoms with van der Waals surface area (Å²) in [7, 11) is 0. The number of esters is 1. The van der Waals surface area contributed by atoms with E-state index in [1.54, 1.807) is 30.5 Å². The summed E-state index contributed by atoms with van der Waals surface area (Å²) in [6, 6.07) is 12.6. The molecule has 0 saturated heterocycles. The lowest BCUT2D eigenvalue weighted by molar-refractivity contribution is -0.147. The van der Waals surface area contributed by atoms with Crippen LogP contribution in [0.15, 0.2) is 57.7 Å². The van der Waals surface area contributed by atoms with Gasteiger partial charge >= 0.3 is 5.97 Å². The largest absolute Gasteiger partial charge is 0.482 e. The zero-order chi connectivity index (χ0) is 16.1. The van der Waals surface area contributed by atoms with Crippen LogP contribution >= 0.6 is 0 Å². The zero-order valence-electron chi connectivity index (χ0n) is 12.5. The van der Waals surface area contributed by atoms with Gasteiger partial charge in [0.25, 0.3) is 0 Å². The highest BCUT2D eigenvalue weighted by Crippen LogP contribution is 2.20. The second kappa shape index (κ2) is 6.83. The summed E-state index contributed by atoms with van der Waals surface area (Å²) in [4.78, 5) is 11.7. The highest BCUT2D eigenvalue weighted by atomic mass is 16.6. The predicted octanol–water partition coefficient (Wildman–Crippen LogP) is 3.37. The second-order valence-electron chi connectivity index (χ2n) is 4.93. The van der Waals surface area contributed by atoms with Gasteiger partial charge < -0.3 is 18.4 Å². The molecule has 0 spiro atoms. The number of ether oxygens (including phenoxy) is 2. The maximum absolute atomic E-state index is 11.7. The molecule has 3 aromatic rings. The van der Waals surface area contributed by atoms with E-state index in [1.165, 1.54) is 0 Å². The van der Waals surface area contributed by atoms with Crippen LogP contribution in [0.3, 0.4) is 0 Å². The van der Waals surface area contributed by atoms with Gasteiger partial charge in [-0.1, -0.05) is 17.3 Å². The van der Waals surface area contributed by atoms with Gasteiger partial charge in [-0.15, -0.1) is 0 Å². The maximum atomic E-state index is 11.7. The number of hydrogen-bond donors (Lipinski definition) is 0. The van der Waals surface area contributed by atoms with Crippen LogP contribution in [-0.2, 0) is 16.1 Å². The van der Waals surface area contributed by atoms with Gasteiger partial charge in [0.2, 0.25) is 5.76 Å². The van der Waals surface area contributed by atoms with Crippen molar-refractivity contribution < 1.29 is 23.2 Å². The molecule has 0 aliphatic rings. The van der Waals surface area contributed by atoms with Crippen LogP contribution in [0, 0.1) is 6.92 Å². The van der Waals surface area contributed by atoms with Crippen LogP contribution < -0.4 is 4.74 Å². The monoisotopic (exact) mass is 313 g/mol. The van der Waals surface area contributed by atoms with Gasteiger partial charge in [0.05, 0.1) is 6.26 Å². The van der Waals surface area contributed by atoms with E-state index in [4.69, 9.17) is 18.4 Å². The fourth-order valence-electron chi connectivity index (χ4n) is 1.96. The lowest BCUT2D eigenvalue weighted by atomic mass is 10.2. The van der Waals surface area contributed by atoms with Crippen molar-refractivity contribution in [3.63, 3.8) is 0 Å². The van der Waals surface area contributed by atoms with E-state index in [-0.39, 0.29) is 13.2 Å². The van der Waals surface area contributed by atoms with Gasteiger partial charge in [0, 0.05) is 6.07 Å². The van der Waals surface area contributed by atoms with Crippen molar-refractivity contribution in [1.29, 1.82) is 0 Å². The number of carbonyl (C=O) groups excluding carboxylic acids is 1. The van der Waals surface area contributed by atoms with Crippen LogP contribution in [-0.4, -0.2) is 17.7 Å². The molecule has 0 amide bonds. The normalized spacial score (nSPS) is 10.5. The summed E-state index contributed by atoms with van der Waals surface area (Å²) >= 11 is 0. The summed E-state index contributed by atoms with van der Waals surface area (Å²) in [6.45, 7) is 1.80. The summed E-state index contributed by atoms with van der Waals surface area (Å²) in [5.74, 6) is 1.20. The number of rotatable bonds is 6. The smallest absolute Gasteiger partial charge is 0.344 e. The third-order valence-corrected chi connectivity index (χ3v) is 3.05. The molecular weight excluding hydrogens is 298 g/mol. The van der Waals surface area contributed by atoms with E-state index in [0.717, 1.165) is 5.56 Å². The standard InChI is InChI=1S/C17H15NO5/c1-12-4-2-5-14(8-12)21-11-17(19)22-10-13-9-16(23-18-13)15-6-3-7-20-15/h2-9H,10-11H2,1H3. The number of aryl methyl sites for hydroxylation is 1. The van der Waals surface area contributed by atoms with Crippen molar-refractivity contribution in [3.8, 4) is 17.3 Å². The summed E-state index contributed by atoms with van der Waals surface area (Å²) < 4.78 is 20.8. The number of hydrogen-bond acceptors (Lipinski definition) is 6. The first kappa shape index (κ1) is 14.9. The summed E-state index contributed by atoms with van der Waals surface area (Å²) in [5, 5.41) is 3.82. The maximum Gasteiger partial charge on any atom is 0.344 e. The third-order valence-electron chi connectivity index (χ3n) is 3.05. The van der Waals surface area contributed by atoms with Gasteiger partial charge in [0.1, 0.15) is 18.1 Å². The summed E-state index contributed by atoms with van der Waals surface area (Å²) in [5.41, 5.74) is 1.56. The lowest BCUT2D eigenvalue weighted by Crippen LogP contribution is -2.14. The predicted molar refractivity (Wildman–Crippen MR) is 80.7 cm³/mol. The average molecular weight is 313 g/mol. The molecule has 0 unspecified atom stereocenters. The van der Waals surface area contributed by atoms with E-state index in [1.807, 2.05) is 25.1 Å². The molecule has 0 aliphatic carbocycles. The average Bonchev–Trinajstić information content (AvgIpc) is 3.22. The lowest BCUT2D eigenvalue weighted by Gasteiger charge is -2.06. The molecule has 23 heavy (non-hydrogen) atoms. The first-order valence-electron chi connectivity index (χ1n) is 7.05. The van der Waals surface area contributed by atoms with Gasteiger partial charge in [-0.2, -0.15) is 0 Å². The second-order valence-corrected chi connectivity index (χ2v) is 4.93. The van der Waals surface area contributed by atoms with E-state index < -0.39 is 5.97 Å². The molecule has 2 aromatic heterocycles. The Balaban J connectivity index is 1.47. The Morgan fingerprint density at radius 3 is 2.87 bits per heavy atom. The Bertz CT molecular complexity index is 776. The minimum Gasteiger partial charge on any atom is -0.482 e. The number of benzene rings is 1. The minimum atomic E-state index is -0.478. The van der Waals surface area contributed by atoms with Crippen molar-refractivity contribution in [2.24, 2.45) is 0 Å². The Labute approximate surface area is 132 Å². The number of carbonyl (C=O) groups is 1. The molecule has 1 aromatic carbocycles. The molecule has 0 N–H and O–H groups in total. The molecule has 0 radical (unpaired) electrons. The molecule has 2 heterocycles. The first-order valence-corrected chi connectivity index (χ1v) is 7.05. The van der Waals surface area contributed by atoms with E-state index in [9.17, 15) is 4.79 Å².